The molecule has 106 valence electrons. The summed E-state index contributed by atoms with van der Waals surface area (Å²) in [6, 6.07) is 10.0. The molecule has 2 rings (SSSR count). The maximum absolute atomic E-state index is 5.22. The highest BCUT2D eigenvalue weighted by atomic mass is 16.5. The van der Waals surface area contributed by atoms with Gasteiger partial charge in [-0.1, -0.05) is 18.2 Å². The molecule has 1 fully saturated rings. The van der Waals surface area contributed by atoms with Gasteiger partial charge in [0.05, 0.1) is 6.61 Å². The van der Waals surface area contributed by atoms with E-state index in [1.807, 2.05) is 0 Å². The summed E-state index contributed by atoms with van der Waals surface area (Å²) in [4.78, 5) is 2.55. The van der Waals surface area contributed by atoms with Crippen molar-refractivity contribution in [3.8, 4) is 0 Å². The second-order valence-electron chi connectivity index (χ2n) is 5.42. The highest BCUT2D eigenvalue weighted by molar-refractivity contribution is 5.55. The van der Waals surface area contributed by atoms with E-state index in [4.69, 9.17) is 4.74 Å². The van der Waals surface area contributed by atoms with Crippen molar-refractivity contribution in [1.29, 1.82) is 0 Å². The van der Waals surface area contributed by atoms with E-state index in [9.17, 15) is 0 Å². The lowest BCUT2D eigenvalue weighted by Crippen LogP contribution is -2.47. The van der Waals surface area contributed by atoms with Crippen molar-refractivity contribution in [2.45, 2.75) is 38.3 Å². The molecule has 0 bridgehead atoms. The number of anilines is 1. The number of rotatable bonds is 5. The standard InChI is InChI=1S/C16H26N2O/c1-13-12-15(17-2)8-10-18(13)16-7-5-4-6-14(16)9-11-19-3/h4-7,13,15,17H,8-12H2,1-3H3. The Kier molecular flexibility index (Phi) is 5.23. The molecule has 1 aliphatic rings. The number of piperidine rings is 1. The Morgan fingerprint density at radius 2 is 2.16 bits per heavy atom. The Hall–Kier alpha value is -1.06. The molecule has 0 aliphatic carbocycles. The third-order valence-corrected chi connectivity index (χ3v) is 4.16. The lowest BCUT2D eigenvalue weighted by molar-refractivity contribution is 0.202. The second kappa shape index (κ2) is 6.92. The second-order valence-corrected chi connectivity index (χ2v) is 5.42. The molecule has 1 N–H and O–H groups in total. The Morgan fingerprint density at radius 3 is 2.84 bits per heavy atom. The van der Waals surface area contributed by atoms with Gasteiger partial charge in [0.15, 0.2) is 0 Å². The normalized spacial score (nSPS) is 23.6. The van der Waals surface area contributed by atoms with E-state index >= 15 is 0 Å². The lowest BCUT2D eigenvalue weighted by Gasteiger charge is -2.40. The smallest absolute Gasteiger partial charge is 0.0503 e. The van der Waals surface area contributed by atoms with Crippen LogP contribution >= 0.6 is 0 Å². The summed E-state index contributed by atoms with van der Waals surface area (Å²) in [6.45, 7) is 4.26. The first-order valence-electron chi connectivity index (χ1n) is 7.27. The van der Waals surface area contributed by atoms with Crippen molar-refractivity contribution in [2.24, 2.45) is 0 Å². The Morgan fingerprint density at radius 1 is 1.37 bits per heavy atom. The molecule has 3 nitrogen and oxygen atoms in total. The molecule has 1 aromatic carbocycles. The zero-order chi connectivity index (χ0) is 13.7. The lowest BCUT2D eigenvalue weighted by atomic mass is 9.96. The van der Waals surface area contributed by atoms with Gasteiger partial charge in [-0.05, 0) is 44.9 Å². The third kappa shape index (κ3) is 3.48. The van der Waals surface area contributed by atoms with E-state index in [0.717, 1.165) is 19.6 Å². The summed E-state index contributed by atoms with van der Waals surface area (Å²) in [7, 11) is 3.84. The average molecular weight is 262 g/mol. The zero-order valence-electron chi connectivity index (χ0n) is 12.4. The highest BCUT2D eigenvalue weighted by Gasteiger charge is 2.25. The van der Waals surface area contributed by atoms with Crippen LogP contribution in [0.3, 0.4) is 0 Å². The van der Waals surface area contributed by atoms with Gasteiger partial charge in [-0.15, -0.1) is 0 Å². The quantitative estimate of drug-likeness (QED) is 0.882. The van der Waals surface area contributed by atoms with Gasteiger partial charge in [0.1, 0.15) is 0 Å². The van der Waals surface area contributed by atoms with E-state index in [2.05, 4.69) is 48.5 Å². The van der Waals surface area contributed by atoms with Gasteiger partial charge in [-0.25, -0.2) is 0 Å². The van der Waals surface area contributed by atoms with Crippen molar-refractivity contribution in [3.05, 3.63) is 29.8 Å². The molecule has 0 saturated carbocycles. The first-order valence-corrected chi connectivity index (χ1v) is 7.27. The van der Waals surface area contributed by atoms with E-state index in [1.165, 1.54) is 24.1 Å². The van der Waals surface area contributed by atoms with Crippen LogP contribution in [0.25, 0.3) is 0 Å². The summed E-state index contributed by atoms with van der Waals surface area (Å²) in [5.41, 5.74) is 2.79. The first-order chi connectivity index (χ1) is 9.26. The van der Waals surface area contributed by atoms with Gasteiger partial charge in [-0.3, -0.25) is 0 Å². The summed E-state index contributed by atoms with van der Waals surface area (Å²) >= 11 is 0. The van der Waals surface area contributed by atoms with Gasteiger partial charge in [-0.2, -0.15) is 0 Å². The van der Waals surface area contributed by atoms with Crippen molar-refractivity contribution in [3.63, 3.8) is 0 Å². The highest BCUT2D eigenvalue weighted by Crippen LogP contribution is 2.28. The maximum atomic E-state index is 5.22. The molecular formula is C16H26N2O. The number of hydrogen-bond donors (Lipinski definition) is 1. The van der Waals surface area contributed by atoms with E-state index < -0.39 is 0 Å². The Labute approximate surface area is 116 Å². The van der Waals surface area contributed by atoms with Crippen molar-refractivity contribution in [2.75, 3.05) is 32.2 Å². The minimum Gasteiger partial charge on any atom is -0.384 e. The van der Waals surface area contributed by atoms with Crippen LogP contribution in [0.5, 0.6) is 0 Å². The van der Waals surface area contributed by atoms with Crippen LogP contribution in [0.4, 0.5) is 5.69 Å². The molecule has 1 saturated heterocycles. The molecule has 19 heavy (non-hydrogen) atoms. The number of para-hydroxylation sites is 1. The molecule has 2 atom stereocenters. The van der Waals surface area contributed by atoms with Gasteiger partial charge in [0.2, 0.25) is 0 Å². The number of benzene rings is 1. The van der Waals surface area contributed by atoms with E-state index in [0.29, 0.717) is 12.1 Å². The van der Waals surface area contributed by atoms with Gasteiger partial charge < -0.3 is 15.0 Å². The molecule has 0 aromatic heterocycles. The molecule has 1 aliphatic heterocycles. The fraction of sp³-hybridized carbons (Fsp3) is 0.625. The van der Waals surface area contributed by atoms with Crippen LogP contribution in [-0.2, 0) is 11.2 Å². The molecular weight excluding hydrogens is 236 g/mol. The van der Waals surface area contributed by atoms with Gasteiger partial charge in [0, 0.05) is 31.4 Å². The predicted octanol–water partition coefficient (Wildman–Crippen LogP) is 2.45. The molecule has 0 spiro atoms. The SMILES string of the molecule is CNC1CCN(c2ccccc2CCOC)C(C)C1. The number of methoxy groups -OCH3 is 1. The summed E-state index contributed by atoms with van der Waals surface area (Å²) in [5.74, 6) is 0. The topological polar surface area (TPSA) is 24.5 Å². The predicted molar refractivity (Wildman–Crippen MR) is 80.9 cm³/mol. The minimum absolute atomic E-state index is 0.592. The number of hydrogen-bond acceptors (Lipinski definition) is 3. The summed E-state index contributed by atoms with van der Waals surface area (Å²) < 4.78 is 5.22. The molecule has 0 radical (unpaired) electrons. The van der Waals surface area contributed by atoms with Crippen LogP contribution in [0.1, 0.15) is 25.3 Å². The third-order valence-electron chi connectivity index (χ3n) is 4.16. The van der Waals surface area contributed by atoms with E-state index in [1.54, 1.807) is 7.11 Å². The Balaban J connectivity index is 2.12. The zero-order valence-corrected chi connectivity index (χ0v) is 12.4. The number of nitrogens with zero attached hydrogens (tertiary/aromatic N) is 1. The monoisotopic (exact) mass is 262 g/mol. The number of ether oxygens (including phenoxy) is 1. The fourth-order valence-electron chi connectivity index (χ4n) is 3.01. The van der Waals surface area contributed by atoms with Crippen LogP contribution in [0.15, 0.2) is 24.3 Å². The van der Waals surface area contributed by atoms with Crippen molar-refractivity contribution < 1.29 is 4.74 Å². The van der Waals surface area contributed by atoms with Crippen molar-refractivity contribution in [1.82, 2.24) is 5.32 Å². The summed E-state index contributed by atoms with van der Waals surface area (Å²) in [6.07, 6.45) is 3.43. The molecule has 1 heterocycles. The van der Waals surface area contributed by atoms with Crippen LogP contribution in [0, 0.1) is 0 Å². The fourth-order valence-corrected chi connectivity index (χ4v) is 3.01. The molecule has 2 unspecified atom stereocenters. The minimum atomic E-state index is 0.592. The van der Waals surface area contributed by atoms with Crippen LogP contribution in [-0.4, -0.2) is 39.4 Å². The average Bonchev–Trinajstić information content (AvgIpc) is 2.45. The van der Waals surface area contributed by atoms with Crippen LogP contribution < -0.4 is 10.2 Å². The molecule has 1 aromatic rings. The maximum Gasteiger partial charge on any atom is 0.0503 e. The number of nitrogens with one attached hydrogen (secondary N) is 1. The summed E-state index contributed by atoms with van der Waals surface area (Å²) in [5, 5.41) is 3.41. The van der Waals surface area contributed by atoms with Crippen LogP contribution in [0.2, 0.25) is 0 Å². The Bertz CT molecular complexity index is 394. The molecule has 0 amide bonds. The largest absolute Gasteiger partial charge is 0.384 e. The molecule has 3 heteroatoms. The van der Waals surface area contributed by atoms with Crippen molar-refractivity contribution >= 4 is 5.69 Å². The van der Waals surface area contributed by atoms with Gasteiger partial charge >= 0.3 is 0 Å². The first kappa shape index (κ1) is 14.4. The van der Waals surface area contributed by atoms with Gasteiger partial charge in [0.25, 0.3) is 0 Å². The van der Waals surface area contributed by atoms with E-state index in [-0.39, 0.29) is 0 Å².